The van der Waals surface area contributed by atoms with Crippen molar-refractivity contribution in [2.75, 3.05) is 39.2 Å². The lowest BCUT2D eigenvalue weighted by Crippen LogP contribution is -2.30. The van der Waals surface area contributed by atoms with Crippen LogP contribution in [0, 0.1) is 0 Å². The summed E-state index contributed by atoms with van der Waals surface area (Å²) >= 11 is 0. The van der Waals surface area contributed by atoms with Crippen LogP contribution in [0.2, 0.25) is 0 Å². The fourth-order valence-corrected chi connectivity index (χ4v) is 3.29. The highest BCUT2D eigenvalue weighted by Gasteiger charge is 2.10. The van der Waals surface area contributed by atoms with Gasteiger partial charge in [-0.2, -0.15) is 0 Å². The fourth-order valence-electron chi connectivity index (χ4n) is 2.56. The van der Waals surface area contributed by atoms with Crippen LogP contribution in [0.1, 0.15) is 18.9 Å². The largest absolute Gasteiger partial charge is 0.493 e. The highest BCUT2D eigenvalue weighted by Crippen LogP contribution is 2.18. The van der Waals surface area contributed by atoms with Crippen LogP contribution in [0.25, 0.3) is 0 Å². The Kier molecular flexibility index (Phi) is 12.5. The van der Waals surface area contributed by atoms with E-state index in [1.807, 2.05) is 31.2 Å². The van der Waals surface area contributed by atoms with Crippen molar-refractivity contribution in [1.29, 1.82) is 0 Å². The molecule has 0 unspecified atom stereocenters. The fraction of sp³-hybridized carbons (Fsp3) is 0.381. The maximum absolute atomic E-state index is 11.8. The number of anilines is 1. The number of hydrogen-bond acceptors (Lipinski definition) is 5. The van der Waals surface area contributed by atoms with Crippen LogP contribution >= 0.6 is 24.0 Å². The summed E-state index contributed by atoms with van der Waals surface area (Å²) < 4.78 is 36.7. The monoisotopic (exact) mass is 562 g/mol. The van der Waals surface area contributed by atoms with Gasteiger partial charge >= 0.3 is 0 Å². The second-order valence-corrected chi connectivity index (χ2v) is 8.28. The van der Waals surface area contributed by atoms with Crippen molar-refractivity contribution in [2.24, 2.45) is 4.99 Å². The minimum atomic E-state index is -3.44. The molecule has 0 aliphatic heterocycles. The Hall–Kier alpha value is -1.89. The molecule has 31 heavy (non-hydrogen) atoms. The Labute approximate surface area is 201 Å². The molecular formula is C21H31IN4O4S. The molecular weight excluding hydrogens is 531 g/mol. The van der Waals surface area contributed by atoms with E-state index in [0.29, 0.717) is 32.3 Å². The molecule has 0 aliphatic rings. The molecule has 2 rings (SSSR count). The minimum absolute atomic E-state index is 0. The lowest BCUT2D eigenvalue weighted by atomic mass is 10.2. The van der Waals surface area contributed by atoms with Crippen molar-refractivity contribution >= 4 is 45.6 Å². The van der Waals surface area contributed by atoms with Crippen LogP contribution in [0.5, 0.6) is 5.75 Å². The summed E-state index contributed by atoms with van der Waals surface area (Å²) in [7, 11) is -0.377. The molecule has 0 saturated carbocycles. The molecule has 0 amide bonds. The van der Waals surface area contributed by atoms with Gasteiger partial charge in [-0.1, -0.05) is 18.2 Å². The van der Waals surface area contributed by atoms with Gasteiger partial charge in [0.15, 0.2) is 5.96 Å². The summed E-state index contributed by atoms with van der Waals surface area (Å²) in [4.78, 5) is 4.81. The second-order valence-electron chi connectivity index (χ2n) is 6.39. The number of ether oxygens (including phenoxy) is 2. The van der Waals surface area contributed by atoms with Crippen molar-refractivity contribution in [3.63, 3.8) is 0 Å². The van der Waals surface area contributed by atoms with E-state index < -0.39 is 10.0 Å². The van der Waals surface area contributed by atoms with Gasteiger partial charge in [-0.25, -0.2) is 18.1 Å². The molecule has 0 aliphatic carbocycles. The van der Waals surface area contributed by atoms with E-state index in [-0.39, 0.29) is 28.9 Å². The van der Waals surface area contributed by atoms with Gasteiger partial charge in [0, 0.05) is 38.4 Å². The standard InChI is InChI=1S/C21H30N4O4S.HI/c1-4-23-21(24-16-17-9-11-20(12-10-17)30(26,27)22-2)25-18-7-5-8-19(15-18)29-14-6-13-28-3;/h5,7-12,15,22H,4,6,13-14,16H2,1-3H3,(H2,23,24,25);1H. The van der Waals surface area contributed by atoms with Crippen LogP contribution in [-0.2, 0) is 21.3 Å². The van der Waals surface area contributed by atoms with Gasteiger partial charge in [0.05, 0.1) is 18.0 Å². The number of benzene rings is 2. The molecule has 0 heterocycles. The molecule has 2 aromatic rings. The van der Waals surface area contributed by atoms with Gasteiger partial charge in [-0.05, 0) is 43.8 Å². The molecule has 10 heteroatoms. The maximum atomic E-state index is 11.8. The first-order chi connectivity index (χ1) is 14.5. The zero-order valence-electron chi connectivity index (χ0n) is 18.1. The smallest absolute Gasteiger partial charge is 0.240 e. The van der Waals surface area contributed by atoms with E-state index in [9.17, 15) is 8.42 Å². The average molecular weight is 562 g/mol. The van der Waals surface area contributed by atoms with Gasteiger partial charge in [0.25, 0.3) is 0 Å². The third-order valence-electron chi connectivity index (χ3n) is 4.12. The van der Waals surface area contributed by atoms with E-state index in [0.717, 1.165) is 23.4 Å². The normalized spacial score (nSPS) is 11.5. The van der Waals surface area contributed by atoms with E-state index in [1.165, 1.54) is 7.05 Å². The second kappa shape index (κ2) is 14.2. The van der Waals surface area contributed by atoms with Crippen molar-refractivity contribution in [3.8, 4) is 5.75 Å². The van der Waals surface area contributed by atoms with Gasteiger partial charge in [-0.3, -0.25) is 0 Å². The third kappa shape index (κ3) is 9.42. The summed E-state index contributed by atoms with van der Waals surface area (Å²) in [6.07, 6.45) is 0.826. The third-order valence-corrected chi connectivity index (χ3v) is 5.55. The van der Waals surface area contributed by atoms with E-state index in [2.05, 4.69) is 20.3 Å². The predicted octanol–water partition coefficient (Wildman–Crippen LogP) is 3.21. The van der Waals surface area contributed by atoms with Crippen molar-refractivity contribution < 1.29 is 17.9 Å². The van der Waals surface area contributed by atoms with Crippen LogP contribution in [0.15, 0.2) is 58.4 Å². The Balaban J connectivity index is 0.00000480. The number of methoxy groups -OCH3 is 1. The van der Waals surface area contributed by atoms with Crippen molar-refractivity contribution in [1.82, 2.24) is 10.0 Å². The highest BCUT2D eigenvalue weighted by molar-refractivity contribution is 14.0. The zero-order valence-corrected chi connectivity index (χ0v) is 21.2. The Morgan fingerprint density at radius 3 is 2.48 bits per heavy atom. The Morgan fingerprint density at radius 1 is 1.10 bits per heavy atom. The maximum Gasteiger partial charge on any atom is 0.240 e. The molecule has 0 radical (unpaired) electrons. The van der Waals surface area contributed by atoms with Crippen LogP contribution in [0.4, 0.5) is 5.69 Å². The lowest BCUT2D eigenvalue weighted by Gasteiger charge is -2.13. The quantitative estimate of drug-likeness (QED) is 0.168. The number of halogens is 1. The molecule has 0 bridgehead atoms. The molecule has 0 saturated heterocycles. The molecule has 8 nitrogen and oxygen atoms in total. The molecule has 0 spiro atoms. The SMILES string of the molecule is CCNC(=NCc1ccc(S(=O)(=O)NC)cc1)Nc1cccc(OCCCOC)c1.I. The number of nitrogens with one attached hydrogen (secondary N) is 3. The van der Waals surface area contributed by atoms with Gasteiger partial charge in [-0.15, -0.1) is 24.0 Å². The first-order valence-electron chi connectivity index (χ1n) is 9.78. The molecule has 2 aromatic carbocycles. The van der Waals surface area contributed by atoms with Crippen molar-refractivity contribution in [2.45, 2.75) is 24.8 Å². The van der Waals surface area contributed by atoms with Gasteiger partial charge in [0.2, 0.25) is 10.0 Å². The van der Waals surface area contributed by atoms with Gasteiger partial charge in [0.1, 0.15) is 5.75 Å². The number of rotatable bonds is 11. The summed E-state index contributed by atoms with van der Waals surface area (Å²) in [6.45, 7) is 4.35. The van der Waals surface area contributed by atoms with Crippen LogP contribution in [-0.4, -0.2) is 48.3 Å². The number of aliphatic imine (C=N–C) groups is 1. The molecule has 0 fully saturated rings. The number of guanidine groups is 1. The number of nitrogens with zero attached hydrogens (tertiary/aromatic N) is 1. The van der Waals surface area contributed by atoms with E-state index in [4.69, 9.17) is 9.47 Å². The zero-order chi connectivity index (χ0) is 21.8. The molecule has 0 atom stereocenters. The average Bonchev–Trinajstić information content (AvgIpc) is 2.76. The van der Waals surface area contributed by atoms with Crippen LogP contribution < -0.4 is 20.1 Å². The topological polar surface area (TPSA) is 101 Å². The molecule has 172 valence electrons. The highest BCUT2D eigenvalue weighted by atomic mass is 127. The van der Waals surface area contributed by atoms with E-state index in [1.54, 1.807) is 31.4 Å². The van der Waals surface area contributed by atoms with Crippen molar-refractivity contribution in [3.05, 3.63) is 54.1 Å². The summed E-state index contributed by atoms with van der Waals surface area (Å²) in [5.41, 5.74) is 1.76. The van der Waals surface area contributed by atoms with Crippen LogP contribution in [0.3, 0.4) is 0 Å². The molecule has 3 N–H and O–H groups in total. The predicted molar refractivity (Wildman–Crippen MR) is 135 cm³/mol. The summed E-state index contributed by atoms with van der Waals surface area (Å²) in [5.74, 6) is 1.40. The summed E-state index contributed by atoms with van der Waals surface area (Å²) in [6, 6.07) is 14.3. The van der Waals surface area contributed by atoms with E-state index >= 15 is 0 Å². The first-order valence-corrected chi connectivity index (χ1v) is 11.3. The summed E-state index contributed by atoms with van der Waals surface area (Å²) in [5, 5.41) is 6.47. The lowest BCUT2D eigenvalue weighted by molar-refractivity contribution is 0.172. The minimum Gasteiger partial charge on any atom is -0.493 e. The number of hydrogen-bond donors (Lipinski definition) is 3. The number of sulfonamides is 1. The first kappa shape index (κ1) is 27.1. The Morgan fingerprint density at radius 2 is 1.84 bits per heavy atom. The van der Waals surface area contributed by atoms with Gasteiger partial charge < -0.3 is 20.1 Å². The molecule has 0 aromatic heterocycles. The Bertz CT molecular complexity index is 921.